The van der Waals surface area contributed by atoms with E-state index < -0.39 is 0 Å². The average molecular weight is 402 g/mol. The van der Waals surface area contributed by atoms with Crippen molar-refractivity contribution in [2.45, 2.75) is 46.2 Å². The van der Waals surface area contributed by atoms with Crippen molar-refractivity contribution in [3.63, 3.8) is 0 Å². The van der Waals surface area contributed by atoms with Gasteiger partial charge in [-0.3, -0.25) is 9.69 Å². The third-order valence-corrected chi connectivity index (χ3v) is 5.29. The van der Waals surface area contributed by atoms with Crippen LogP contribution in [0.15, 0.2) is 22.6 Å². The minimum atomic E-state index is 0.106. The standard InChI is InChI=1S/C22H31N3O4/c1-14(2)23-21(26)16-8-10-25(11-9-16)13-18-15(3)29-22(24-18)17-6-7-19(27-4)20(12-17)28-5/h6-7,12,14,16H,8-11,13H2,1-5H3,(H,23,26). The molecular weight excluding hydrogens is 370 g/mol. The molecule has 1 aromatic heterocycles. The van der Waals surface area contributed by atoms with Crippen LogP contribution in [0.1, 0.15) is 38.1 Å². The highest BCUT2D eigenvalue weighted by Gasteiger charge is 2.26. The summed E-state index contributed by atoms with van der Waals surface area (Å²) in [6, 6.07) is 5.82. The Kier molecular flexibility index (Phi) is 6.79. The summed E-state index contributed by atoms with van der Waals surface area (Å²) in [5.74, 6) is 2.98. The second-order valence-corrected chi connectivity index (χ2v) is 7.81. The molecule has 0 saturated carbocycles. The zero-order valence-electron chi connectivity index (χ0n) is 17.9. The molecule has 2 heterocycles. The SMILES string of the molecule is COc1ccc(-c2nc(CN3CCC(C(=O)NC(C)C)CC3)c(C)o2)cc1OC. The van der Waals surface area contributed by atoms with Gasteiger partial charge in [0, 0.05) is 24.1 Å². The summed E-state index contributed by atoms with van der Waals surface area (Å²) in [5, 5.41) is 3.02. The highest BCUT2D eigenvalue weighted by atomic mass is 16.5. The van der Waals surface area contributed by atoms with Gasteiger partial charge in [-0.25, -0.2) is 4.98 Å². The van der Waals surface area contributed by atoms with Crippen LogP contribution in [0.25, 0.3) is 11.5 Å². The lowest BCUT2D eigenvalue weighted by molar-refractivity contribution is -0.127. The molecule has 7 heteroatoms. The van der Waals surface area contributed by atoms with Crippen LogP contribution >= 0.6 is 0 Å². The lowest BCUT2D eigenvalue weighted by Crippen LogP contribution is -2.42. The van der Waals surface area contributed by atoms with E-state index in [4.69, 9.17) is 18.9 Å². The van der Waals surface area contributed by atoms with Crippen LogP contribution in [0.5, 0.6) is 11.5 Å². The van der Waals surface area contributed by atoms with Crippen LogP contribution in [0.2, 0.25) is 0 Å². The van der Waals surface area contributed by atoms with Gasteiger partial charge in [0.2, 0.25) is 11.8 Å². The number of ether oxygens (including phenoxy) is 2. The van der Waals surface area contributed by atoms with Gasteiger partial charge in [0.25, 0.3) is 0 Å². The topological polar surface area (TPSA) is 76.8 Å². The number of carbonyl (C=O) groups excluding carboxylic acids is 1. The number of methoxy groups -OCH3 is 2. The first kappa shape index (κ1) is 21.2. The van der Waals surface area contributed by atoms with Crippen molar-refractivity contribution in [3.05, 3.63) is 29.7 Å². The molecular formula is C22H31N3O4. The molecule has 0 atom stereocenters. The highest BCUT2D eigenvalue weighted by Crippen LogP contribution is 2.33. The average Bonchev–Trinajstić information content (AvgIpc) is 3.07. The van der Waals surface area contributed by atoms with Crippen LogP contribution < -0.4 is 14.8 Å². The number of aryl methyl sites for hydroxylation is 1. The van der Waals surface area contributed by atoms with Crippen molar-refractivity contribution < 1.29 is 18.7 Å². The molecule has 1 saturated heterocycles. The third-order valence-electron chi connectivity index (χ3n) is 5.29. The van der Waals surface area contributed by atoms with Crippen molar-refractivity contribution in [2.75, 3.05) is 27.3 Å². The van der Waals surface area contributed by atoms with E-state index in [9.17, 15) is 4.79 Å². The van der Waals surface area contributed by atoms with Gasteiger partial charge in [-0.1, -0.05) is 0 Å². The summed E-state index contributed by atoms with van der Waals surface area (Å²) in [6.07, 6.45) is 1.75. The predicted octanol–water partition coefficient (Wildman–Crippen LogP) is 3.40. The van der Waals surface area contributed by atoms with E-state index in [1.165, 1.54) is 0 Å². The molecule has 1 N–H and O–H groups in total. The van der Waals surface area contributed by atoms with Crippen LogP contribution in [0.4, 0.5) is 0 Å². The van der Waals surface area contributed by atoms with Gasteiger partial charge < -0.3 is 19.2 Å². The lowest BCUT2D eigenvalue weighted by atomic mass is 9.95. The van der Waals surface area contributed by atoms with Gasteiger partial charge in [0.1, 0.15) is 5.76 Å². The van der Waals surface area contributed by atoms with E-state index in [2.05, 4.69) is 10.2 Å². The smallest absolute Gasteiger partial charge is 0.226 e. The molecule has 1 aliphatic rings. The fourth-order valence-corrected chi connectivity index (χ4v) is 3.63. The molecule has 1 amide bonds. The third kappa shape index (κ3) is 5.09. The molecule has 1 aromatic carbocycles. The number of benzene rings is 1. The van der Waals surface area contributed by atoms with E-state index in [0.717, 1.165) is 49.5 Å². The highest BCUT2D eigenvalue weighted by molar-refractivity contribution is 5.79. The number of nitrogens with one attached hydrogen (secondary N) is 1. The first-order chi connectivity index (χ1) is 13.9. The maximum Gasteiger partial charge on any atom is 0.226 e. The predicted molar refractivity (Wildman–Crippen MR) is 111 cm³/mol. The van der Waals surface area contributed by atoms with Crippen molar-refractivity contribution >= 4 is 5.91 Å². The van der Waals surface area contributed by atoms with E-state index in [0.29, 0.717) is 17.4 Å². The number of amides is 1. The quantitative estimate of drug-likeness (QED) is 0.766. The van der Waals surface area contributed by atoms with Crippen LogP contribution in [-0.4, -0.2) is 49.1 Å². The Morgan fingerprint density at radius 2 is 1.93 bits per heavy atom. The first-order valence-corrected chi connectivity index (χ1v) is 10.1. The Morgan fingerprint density at radius 3 is 2.55 bits per heavy atom. The summed E-state index contributed by atoms with van der Waals surface area (Å²) in [6.45, 7) is 8.42. The fraction of sp³-hybridized carbons (Fsp3) is 0.545. The van der Waals surface area contributed by atoms with E-state index >= 15 is 0 Å². The number of nitrogens with zero attached hydrogens (tertiary/aromatic N) is 2. The molecule has 29 heavy (non-hydrogen) atoms. The summed E-state index contributed by atoms with van der Waals surface area (Å²) >= 11 is 0. The van der Waals surface area contributed by atoms with Crippen LogP contribution in [0, 0.1) is 12.8 Å². The largest absolute Gasteiger partial charge is 0.493 e. The van der Waals surface area contributed by atoms with Gasteiger partial charge >= 0.3 is 0 Å². The van der Waals surface area contributed by atoms with E-state index in [1.807, 2.05) is 39.0 Å². The van der Waals surface area contributed by atoms with Crippen molar-refractivity contribution in [1.82, 2.24) is 15.2 Å². The first-order valence-electron chi connectivity index (χ1n) is 10.1. The maximum absolute atomic E-state index is 12.2. The lowest BCUT2D eigenvalue weighted by Gasteiger charge is -2.31. The normalized spacial score (nSPS) is 15.5. The number of aromatic nitrogens is 1. The van der Waals surface area contributed by atoms with Crippen LogP contribution in [-0.2, 0) is 11.3 Å². The second-order valence-electron chi connectivity index (χ2n) is 7.81. The summed E-state index contributed by atoms with van der Waals surface area (Å²) in [7, 11) is 3.22. The van der Waals surface area contributed by atoms with Crippen molar-refractivity contribution in [2.24, 2.45) is 5.92 Å². The molecule has 3 rings (SSSR count). The minimum absolute atomic E-state index is 0.106. The second kappa shape index (κ2) is 9.31. The Bertz CT molecular complexity index is 839. The monoisotopic (exact) mass is 401 g/mol. The Hall–Kier alpha value is -2.54. The molecule has 0 bridgehead atoms. The molecule has 0 radical (unpaired) electrons. The summed E-state index contributed by atoms with van der Waals surface area (Å²) < 4.78 is 16.6. The summed E-state index contributed by atoms with van der Waals surface area (Å²) in [4.78, 5) is 19.3. The molecule has 158 valence electrons. The molecule has 7 nitrogen and oxygen atoms in total. The van der Waals surface area contributed by atoms with Crippen molar-refractivity contribution in [1.29, 1.82) is 0 Å². The Labute approximate surface area is 172 Å². The number of hydrogen-bond donors (Lipinski definition) is 1. The molecule has 1 aliphatic heterocycles. The van der Waals surface area contributed by atoms with Gasteiger partial charge in [-0.2, -0.15) is 0 Å². The molecule has 0 spiro atoms. The van der Waals surface area contributed by atoms with E-state index in [1.54, 1.807) is 14.2 Å². The number of piperidine rings is 1. The zero-order chi connectivity index (χ0) is 21.0. The fourth-order valence-electron chi connectivity index (χ4n) is 3.63. The van der Waals surface area contributed by atoms with Gasteiger partial charge in [0.15, 0.2) is 11.5 Å². The zero-order valence-corrected chi connectivity index (χ0v) is 17.9. The number of oxazole rings is 1. The number of hydrogen-bond acceptors (Lipinski definition) is 6. The number of likely N-dealkylation sites (tertiary alicyclic amines) is 1. The van der Waals surface area contributed by atoms with Crippen molar-refractivity contribution in [3.8, 4) is 23.0 Å². The minimum Gasteiger partial charge on any atom is -0.493 e. The molecule has 0 aliphatic carbocycles. The Balaban J connectivity index is 1.64. The van der Waals surface area contributed by atoms with Gasteiger partial charge in [-0.05, 0) is 64.9 Å². The molecule has 0 unspecified atom stereocenters. The maximum atomic E-state index is 12.2. The van der Waals surface area contributed by atoms with Gasteiger partial charge in [0.05, 0.1) is 19.9 Å². The number of rotatable bonds is 7. The molecule has 1 fully saturated rings. The van der Waals surface area contributed by atoms with E-state index in [-0.39, 0.29) is 17.9 Å². The Morgan fingerprint density at radius 1 is 1.24 bits per heavy atom. The molecule has 2 aromatic rings. The number of carbonyl (C=O) groups is 1. The van der Waals surface area contributed by atoms with Crippen LogP contribution in [0.3, 0.4) is 0 Å². The van der Waals surface area contributed by atoms with Gasteiger partial charge in [-0.15, -0.1) is 0 Å². The summed E-state index contributed by atoms with van der Waals surface area (Å²) in [5.41, 5.74) is 1.78.